The molecule has 1 N–H and O–H groups in total. The number of amides is 2. The second-order valence-electron chi connectivity index (χ2n) is 7.89. The van der Waals surface area contributed by atoms with Crippen LogP contribution in [0.4, 0.5) is 11.5 Å². The Kier molecular flexibility index (Phi) is 5.25. The van der Waals surface area contributed by atoms with Gasteiger partial charge in [0.25, 0.3) is 5.91 Å². The van der Waals surface area contributed by atoms with Crippen LogP contribution in [-0.2, 0) is 14.3 Å². The number of hydrogen-bond acceptors (Lipinski definition) is 6. The molecule has 2 fully saturated rings. The van der Waals surface area contributed by atoms with E-state index in [9.17, 15) is 9.59 Å². The number of carbonyl (C=O) groups excluding carboxylic acids is 2. The standard InChI is InChI=1S/C24H21N5O3/c1-15-21-13-27-22(28-24(31)16-2-3-16)10-20(21)17(11-25-15)4-5-18-6-7-19(12-26-18)29-8-9-32-14-23(29)30/h6-7,10-13,16H,2-3,8-9,14H2,1H3,(H,27,28,31). The first-order valence-corrected chi connectivity index (χ1v) is 10.5. The summed E-state index contributed by atoms with van der Waals surface area (Å²) in [5.41, 5.74) is 2.88. The van der Waals surface area contributed by atoms with Gasteiger partial charge in [0.2, 0.25) is 5.91 Å². The van der Waals surface area contributed by atoms with Gasteiger partial charge in [-0.15, -0.1) is 0 Å². The summed E-state index contributed by atoms with van der Waals surface area (Å²) in [5.74, 6) is 6.76. The number of rotatable bonds is 3. The van der Waals surface area contributed by atoms with E-state index in [1.165, 1.54) is 0 Å². The topological polar surface area (TPSA) is 97.3 Å². The van der Waals surface area contributed by atoms with E-state index >= 15 is 0 Å². The van der Waals surface area contributed by atoms with E-state index in [0.29, 0.717) is 24.7 Å². The second kappa shape index (κ2) is 8.36. The highest BCUT2D eigenvalue weighted by molar-refractivity contribution is 5.97. The fraction of sp³-hybridized carbons (Fsp3) is 0.292. The van der Waals surface area contributed by atoms with Crippen molar-refractivity contribution in [2.75, 3.05) is 30.0 Å². The van der Waals surface area contributed by atoms with Crippen molar-refractivity contribution >= 4 is 34.1 Å². The fourth-order valence-corrected chi connectivity index (χ4v) is 3.55. The van der Waals surface area contributed by atoms with Gasteiger partial charge in [-0.2, -0.15) is 0 Å². The van der Waals surface area contributed by atoms with Crippen LogP contribution in [0.15, 0.2) is 36.8 Å². The summed E-state index contributed by atoms with van der Waals surface area (Å²) >= 11 is 0. The van der Waals surface area contributed by atoms with Crippen molar-refractivity contribution < 1.29 is 14.3 Å². The number of nitrogens with zero attached hydrogens (tertiary/aromatic N) is 4. The molecule has 8 heteroatoms. The molecule has 5 rings (SSSR count). The van der Waals surface area contributed by atoms with Crippen LogP contribution in [-0.4, -0.2) is 46.5 Å². The Balaban J connectivity index is 1.42. The van der Waals surface area contributed by atoms with Gasteiger partial charge in [-0.1, -0.05) is 5.92 Å². The number of morpholine rings is 1. The molecule has 2 amide bonds. The third-order valence-electron chi connectivity index (χ3n) is 5.54. The first-order chi connectivity index (χ1) is 15.6. The summed E-state index contributed by atoms with van der Waals surface area (Å²) in [6, 6.07) is 5.47. The minimum absolute atomic E-state index is 0.0123. The van der Waals surface area contributed by atoms with Crippen LogP contribution in [0.1, 0.15) is 29.8 Å². The van der Waals surface area contributed by atoms with E-state index in [1.54, 1.807) is 29.6 Å². The summed E-state index contributed by atoms with van der Waals surface area (Å²) in [4.78, 5) is 38.9. The van der Waals surface area contributed by atoms with Crippen molar-refractivity contribution in [2.45, 2.75) is 19.8 Å². The lowest BCUT2D eigenvalue weighted by Gasteiger charge is -2.26. The highest BCUT2D eigenvalue weighted by Gasteiger charge is 2.29. The molecule has 0 unspecified atom stereocenters. The van der Waals surface area contributed by atoms with E-state index in [1.807, 2.05) is 19.1 Å². The Morgan fingerprint density at radius 2 is 2.00 bits per heavy atom. The van der Waals surface area contributed by atoms with Crippen LogP contribution >= 0.6 is 0 Å². The average Bonchev–Trinajstić information content (AvgIpc) is 3.65. The lowest BCUT2D eigenvalue weighted by Crippen LogP contribution is -2.41. The van der Waals surface area contributed by atoms with Gasteiger partial charge >= 0.3 is 0 Å². The van der Waals surface area contributed by atoms with E-state index in [0.717, 1.165) is 40.6 Å². The first-order valence-electron chi connectivity index (χ1n) is 10.5. The minimum Gasteiger partial charge on any atom is -0.370 e. The van der Waals surface area contributed by atoms with Gasteiger partial charge in [0.15, 0.2) is 0 Å². The molecular weight excluding hydrogens is 406 g/mol. The van der Waals surface area contributed by atoms with Crippen molar-refractivity contribution in [3.63, 3.8) is 0 Å². The van der Waals surface area contributed by atoms with Crippen molar-refractivity contribution in [1.82, 2.24) is 15.0 Å². The SMILES string of the molecule is Cc1ncc(C#Cc2ccc(N3CCOCC3=O)cn2)c2cc(NC(=O)C3CC3)ncc12. The van der Waals surface area contributed by atoms with E-state index in [4.69, 9.17) is 4.74 Å². The predicted molar refractivity (Wildman–Crippen MR) is 119 cm³/mol. The molecule has 1 saturated heterocycles. The van der Waals surface area contributed by atoms with Gasteiger partial charge in [0, 0.05) is 41.3 Å². The largest absolute Gasteiger partial charge is 0.370 e. The zero-order valence-corrected chi connectivity index (χ0v) is 17.6. The Morgan fingerprint density at radius 3 is 2.75 bits per heavy atom. The molecule has 32 heavy (non-hydrogen) atoms. The number of pyridine rings is 3. The quantitative estimate of drug-likeness (QED) is 0.645. The number of anilines is 2. The molecule has 3 aromatic heterocycles. The molecule has 1 saturated carbocycles. The molecule has 1 aliphatic carbocycles. The third-order valence-corrected chi connectivity index (χ3v) is 5.54. The van der Waals surface area contributed by atoms with Crippen molar-refractivity contribution in [2.24, 2.45) is 5.92 Å². The number of aromatic nitrogens is 3. The number of carbonyl (C=O) groups is 2. The number of nitrogens with one attached hydrogen (secondary N) is 1. The monoisotopic (exact) mass is 427 g/mol. The summed E-state index contributed by atoms with van der Waals surface area (Å²) in [5, 5.41) is 4.65. The van der Waals surface area contributed by atoms with E-state index < -0.39 is 0 Å². The van der Waals surface area contributed by atoms with Crippen LogP contribution in [0.25, 0.3) is 10.8 Å². The Bertz CT molecular complexity index is 1270. The first kappa shape index (κ1) is 20.1. The van der Waals surface area contributed by atoms with Crippen molar-refractivity contribution in [3.05, 3.63) is 53.7 Å². The molecule has 0 spiro atoms. The maximum atomic E-state index is 12.1. The van der Waals surface area contributed by atoms with Gasteiger partial charge < -0.3 is 15.0 Å². The second-order valence-corrected chi connectivity index (χ2v) is 7.89. The number of hydrogen-bond donors (Lipinski definition) is 1. The molecule has 8 nitrogen and oxygen atoms in total. The third kappa shape index (κ3) is 4.15. The molecule has 0 radical (unpaired) electrons. The maximum absolute atomic E-state index is 12.1. The highest BCUT2D eigenvalue weighted by atomic mass is 16.5. The van der Waals surface area contributed by atoms with Crippen molar-refractivity contribution in [3.8, 4) is 11.8 Å². The summed E-state index contributed by atoms with van der Waals surface area (Å²) in [7, 11) is 0. The smallest absolute Gasteiger partial charge is 0.253 e. The highest BCUT2D eigenvalue weighted by Crippen LogP contribution is 2.30. The van der Waals surface area contributed by atoms with Gasteiger partial charge in [-0.05, 0) is 43.9 Å². The summed E-state index contributed by atoms with van der Waals surface area (Å²) < 4.78 is 5.16. The normalized spacial score (nSPS) is 15.9. The molecule has 160 valence electrons. The number of aryl methyl sites for hydroxylation is 1. The lowest BCUT2D eigenvalue weighted by molar-refractivity contribution is -0.125. The number of ether oxygens (including phenoxy) is 1. The predicted octanol–water partition coefficient (Wildman–Crippen LogP) is 2.44. The van der Waals surface area contributed by atoms with Gasteiger partial charge in [0.05, 0.1) is 24.1 Å². The summed E-state index contributed by atoms with van der Waals surface area (Å²) in [6.07, 6.45) is 6.96. The van der Waals surface area contributed by atoms with Crippen LogP contribution in [0.5, 0.6) is 0 Å². The molecular formula is C24H21N5O3. The molecule has 0 aromatic carbocycles. The fourth-order valence-electron chi connectivity index (χ4n) is 3.55. The number of fused-ring (bicyclic) bond motifs is 1. The maximum Gasteiger partial charge on any atom is 0.253 e. The minimum atomic E-state index is -0.0766. The van der Waals surface area contributed by atoms with Crippen LogP contribution in [0.3, 0.4) is 0 Å². The van der Waals surface area contributed by atoms with Crippen molar-refractivity contribution in [1.29, 1.82) is 0 Å². The van der Waals surface area contributed by atoms with E-state index in [-0.39, 0.29) is 24.3 Å². The molecule has 1 aliphatic heterocycles. The lowest BCUT2D eigenvalue weighted by atomic mass is 10.1. The van der Waals surface area contributed by atoms with Crippen LogP contribution < -0.4 is 10.2 Å². The zero-order valence-electron chi connectivity index (χ0n) is 17.6. The molecule has 2 aliphatic rings. The Morgan fingerprint density at radius 1 is 1.12 bits per heavy atom. The average molecular weight is 427 g/mol. The molecule has 4 heterocycles. The molecule has 3 aromatic rings. The molecule has 0 atom stereocenters. The Hall–Kier alpha value is -3.83. The van der Waals surface area contributed by atoms with Gasteiger partial charge in [0.1, 0.15) is 18.1 Å². The van der Waals surface area contributed by atoms with Gasteiger partial charge in [-0.25, -0.2) is 9.97 Å². The van der Waals surface area contributed by atoms with Crippen LogP contribution in [0, 0.1) is 24.7 Å². The Labute approximate surface area is 185 Å². The van der Waals surface area contributed by atoms with Gasteiger partial charge in [-0.3, -0.25) is 14.6 Å². The summed E-state index contributed by atoms with van der Waals surface area (Å²) in [6.45, 7) is 3.03. The van der Waals surface area contributed by atoms with E-state index in [2.05, 4.69) is 32.1 Å². The zero-order chi connectivity index (χ0) is 22.1. The van der Waals surface area contributed by atoms with Crippen LogP contribution in [0.2, 0.25) is 0 Å². The molecule has 0 bridgehead atoms.